The standard InChI is InChI=1S/C14H17N3O2/c18-13(14(19)4-1-5-14)10-17-9-12(8-16-17)11-2-6-15-7-3-11/h2-3,6-9,13,18-19H,1,4-5,10H2. The summed E-state index contributed by atoms with van der Waals surface area (Å²) in [5.41, 5.74) is 1.11. The number of nitrogens with zero attached hydrogens (tertiary/aromatic N) is 3. The average Bonchev–Trinajstić information content (AvgIpc) is 2.85. The van der Waals surface area contributed by atoms with E-state index in [0.29, 0.717) is 19.4 Å². The van der Waals surface area contributed by atoms with E-state index in [4.69, 9.17) is 0 Å². The summed E-state index contributed by atoms with van der Waals surface area (Å²) >= 11 is 0. The molecular weight excluding hydrogens is 242 g/mol. The first-order chi connectivity index (χ1) is 9.17. The largest absolute Gasteiger partial charge is 0.388 e. The normalized spacial score (nSPS) is 18.8. The van der Waals surface area contributed by atoms with Crippen LogP contribution in [0.25, 0.3) is 11.1 Å². The number of aromatic nitrogens is 3. The van der Waals surface area contributed by atoms with Crippen LogP contribution in [-0.2, 0) is 6.54 Å². The monoisotopic (exact) mass is 259 g/mol. The summed E-state index contributed by atoms with van der Waals surface area (Å²) in [6.07, 6.45) is 8.67. The molecule has 2 heterocycles. The third kappa shape index (κ3) is 2.39. The number of aliphatic hydroxyl groups is 2. The zero-order chi connectivity index (χ0) is 13.3. The minimum absolute atomic E-state index is 0.321. The zero-order valence-corrected chi connectivity index (χ0v) is 10.6. The summed E-state index contributed by atoms with van der Waals surface area (Å²) in [5, 5.41) is 24.3. The van der Waals surface area contributed by atoms with Crippen LogP contribution in [0.2, 0.25) is 0 Å². The van der Waals surface area contributed by atoms with Gasteiger partial charge in [0.05, 0.1) is 18.3 Å². The van der Waals surface area contributed by atoms with Crippen molar-refractivity contribution in [3.8, 4) is 11.1 Å². The van der Waals surface area contributed by atoms with E-state index in [0.717, 1.165) is 17.5 Å². The van der Waals surface area contributed by atoms with E-state index >= 15 is 0 Å². The molecule has 2 N–H and O–H groups in total. The van der Waals surface area contributed by atoms with Gasteiger partial charge in [0.25, 0.3) is 0 Å². The molecule has 0 saturated heterocycles. The van der Waals surface area contributed by atoms with E-state index in [1.807, 2.05) is 18.3 Å². The summed E-state index contributed by atoms with van der Waals surface area (Å²) in [4.78, 5) is 3.98. The Morgan fingerprint density at radius 1 is 1.26 bits per heavy atom. The number of hydrogen-bond acceptors (Lipinski definition) is 4. The lowest BCUT2D eigenvalue weighted by atomic mass is 9.76. The van der Waals surface area contributed by atoms with Crippen LogP contribution in [0, 0.1) is 0 Å². The Morgan fingerprint density at radius 3 is 2.63 bits per heavy atom. The zero-order valence-electron chi connectivity index (χ0n) is 10.6. The van der Waals surface area contributed by atoms with Gasteiger partial charge in [0, 0.05) is 24.2 Å². The maximum absolute atomic E-state index is 10.1. The molecule has 0 aromatic carbocycles. The molecule has 0 amide bonds. The van der Waals surface area contributed by atoms with Gasteiger partial charge in [0.1, 0.15) is 6.10 Å². The Kier molecular flexibility index (Phi) is 3.08. The van der Waals surface area contributed by atoms with E-state index in [2.05, 4.69) is 10.1 Å². The van der Waals surface area contributed by atoms with Crippen molar-refractivity contribution in [2.45, 2.75) is 37.5 Å². The maximum atomic E-state index is 10.1. The molecule has 1 aliphatic carbocycles. The van der Waals surface area contributed by atoms with Crippen LogP contribution in [-0.4, -0.2) is 36.7 Å². The average molecular weight is 259 g/mol. The molecule has 0 spiro atoms. The van der Waals surface area contributed by atoms with Gasteiger partial charge in [-0.2, -0.15) is 5.10 Å². The van der Waals surface area contributed by atoms with Crippen molar-refractivity contribution in [2.75, 3.05) is 0 Å². The second kappa shape index (κ2) is 4.75. The molecule has 0 aliphatic heterocycles. The number of rotatable bonds is 4. The molecule has 2 aromatic rings. The number of hydrogen-bond donors (Lipinski definition) is 2. The second-order valence-electron chi connectivity index (χ2n) is 5.16. The number of aliphatic hydroxyl groups excluding tert-OH is 1. The van der Waals surface area contributed by atoms with Crippen molar-refractivity contribution in [3.63, 3.8) is 0 Å². The van der Waals surface area contributed by atoms with Crippen molar-refractivity contribution in [1.82, 2.24) is 14.8 Å². The van der Waals surface area contributed by atoms with Gasteiger partial charge in [-0.25, -0.2) is 0 Å². The molecule has 5 heteroatoms. The van der Waals surface area contributed by atoms with Crippen molar-refractivity contribution < 1.29 is 10.2 Å². The first-order valence-electron chi connectivity index (χ1n) is 6.51. The highest BCUT2D eigenvalue weighted by Gasteiger charge is 2.41. The van der Waals surface area contributed by atoms with Crippen LogP contribution in [0.15, 0.2) is 36.9 Å². The molecule has 1 unspecified atom stereocenters. The molecule has 100 valence electrons. The van der Waals surface area contributed by atoms with Gasteiger partial charge in [-0.15, -0.1) is 0 Å². The Labute approximate surface area is 111 Å². The molecular formula is C14H17N3O2. The predicted octanol–water partition coefficient (Wildman–Crippen LogP) is 1.22. The molecule has 0 radical (unpaired) electrons. The Hall–Kier alpha value is -1.72. The third-order valence-electron chi connectivity index (χ3n) is 3.85. The summed E-state index contributed by atoms with van der Waals surface area (Å²) < 4.78 is 1.68. The quantitative estimate of drug-likeness (QED) is 0.866. The highest BCUT2D eigenvalue weighted by molar-refractivity contribution is 5.60. The van der Waals surface area contributed by atoms with Crippen molar-refractivity contribution in [3.05, 3.63) is 36.9 Å². The van der Waals surface area contributed by atoms with E-state index < -0.39 is 11.7 Å². The smallest absolute Gasteiger partial charge is 0.102 e. The first kappa shape index (κ1) is 12.3. The Bertz CT molecular complexity index is 549. The van der Waals surface area contributed by atoms with Crippen LogP contribution in [0.3, 0.4) is 0 Å². The third-order valence-corrected chi connectivity index (χ3v) is 3.85. The molecule has 1 aliphatic rings. The predicted molar refractivity (Wildman–Crippen MR) is 70.3 cm³/mol. The summed E-state index contributed by atoms with van der Waals surface area (Å²) in [6, 6.07) is 3.83. The van der Waals surface area contributed by atoms with E-state index in [1.54, 1.807) is 23.3 Å². The lowest BCUT2D eigenvalue weighted by Gasteiger charge is -2.40. The molecule has 19 heavy (non-hydrogen) atoms. The molecule has 1 fully saturated rings. The maximum Gasteiger partial charge on any atom is 0.102 e. The summed E-state index contributed by atoms with van der Waals surface area (Å²) in [7, 11) is 0. The van der Waals surface area contributed by atoms with Crippen LogP contribution >= 0.6 is 0 Å². The van der Waals surface area contributed by atoms with Gasteiger partial charge in [-0.05, 0) is 37.0 Å². The van der Waals surface area contributed by atoms with E-state index in [1.165, 1.54) is 0 Å². The Morgan fingerprint density at radius 2 is 2.00 bits per heavy atom. The number of pyridine rings is 1. The summed E-state index contributed by atoms with van der Waals surface area (Å²) in [5.74, 6) is 0. The topological polar surface area (TPSA) is 71.2 Å². The molecule has 1 saturated carbocycles. The SMILES string of the molecule is OC(Cn1cc(-c2ccncc2)cn1)C1(O)CCC1. The fraction of sp³-hybridized carbons (Fsp3) is 0.429. The van der Waals surface area contributed by atoms with Crippen molar-refractivity contribution in [1.29, 1.82) is 0 Å². The van der Waals surface area contributed by atoms with Crippen molar-refractivity contribution in [2.24, 2.45) is 0 Å². The molecule has 3 rings (SSSR count). The van der Waals surface area contributed by atoms with Gasteiger partial charge in [0.15, 0.2) is 0 Å². The van der Waals surface area contributed by atoms with Gasteiger partial charge in [0.2, 0.25) is 0 Å². The van der Waals surface area contributed by atoms with E-state index in [-0.39, 0.29) is 0 Å². The minimum Gasteiger partial charge on any atom is -0.388 e. The molecule has 5 nitrogen and oxygen atoms in total. The highest BCUT2D eigenvalue weighted by atomic mass is 16.3. The molecule has 1 atom stereocenters. The van der Waals surface area contributed by atoms with Crippen LogP contribution in [0.1, 0.15) is 19.3 Å². The highest BCUT2D eigenvalue weighted by Crippen LogP contribution is 2.35. The fourth-order valence-corrected chi connectivity index (χ4v) is 2.38. The minimum atomic E-state index is -0.914. The molecule has 2 aromatic heterocycles. The Balaban J connectivity index is 1.72. The fourth-order valence-electron chi connectivity index (χ4n) is 2.38. The van der Waals surface area contributed by atoms with Crippen LogP contribution < -0.4 is 0 Å². The molecule has 0 bridgehead atoms. The van der Waals surface area contributed by atoms with Gasteiger partial charge in [-0.1, -0.05) is 0 Å². The van der Waals surface area contributed by atoms with Crippen LogP contribution in [0.4, 0.5) is 0 Å². The van der Waals surface area contributed by atoms with Gasteiger partial charge in [-0.3, -0.25) is 9.67 Å². The van der Waals surface area contributed by atoms with Gasteiger partial charge < -0.3 is 10.2 Å². The lowest BCUT2D eigenvalue weighted by Crippen LogP contribution is -2.50. The summed E-state index contributed by atoms with van der Waals surface area (Å²) in [6.45, 7) is 0.321. The van der Waals surface area contributed by atoms with Crippen molar-refractivity contribution >= 4 is 0 Å². The van der Waals surface area contributed by atoms with Gasteiger partial charge >= 0.3 is 0 Å². The lowest BCUT2D eigenvalue weighted by molar-refractivity contribution is -0.131. The second-order valence-corrected chi connectivity index (χ2v) is 5.16. The first-order valence-corrected chi connectivity index (χ1v) is 6.51. The van der Waals surface area contributed by atoms with Crippen LogP contribution in [0.5, 0.6) is 0 Å². The van der Waals surface area contributed by atoms with E-state index in [9.17, 15) is 10.2 Å².